The molecule has 0 heterocycles. The Bertz CT molecular complexity index is 674. The summed E-state index contributed by atoms with van der Waals surface area (Å²) in [7, 11) is 0. The molecule has 0 atom stereocenters. The average Bonchev–Trinajstić information content (AvgIpc) is 2.53. The van der Waals surface area contributed by atoms with E-state index in [1.165, 1.54) is 0 Å². The summed E-state index contributed by atoms with van der Waals surface area (Å²) >= 11 is 5.95. The van der Waals surface area contributed by atoms with Crippen LogP contribution >= 0.6 is 11.6 Å². The number of benzene rings is 2. The molecule has 0 saturated carbocycles. The van der Waals surface area contributed by atoms with E-state index in [1.807, 2.05) is 62.4 Å². The fourth-order valence-corrected chi connectivity index (χ4v) is 2.46. The Hall–Kier alpha value is -2.20. The molecule has 1 amide bonds. The topological polar surface area (TPSA) is 50.4 Å². The lowest BCUT2D eigenvalue weighted by Gasteiger charge is -2.15. The molecule has 0 fully saturated rings. The first-order valence-electron chi connectivity index (χ1n) is 8.05. The second kappa shape index (κ2) is 9.18. The third-order valence-electron chi connectivity index (χ3n) is 3.31. The highest BCUT2D eigenvalue weighted by molar-refractivity contribution is 6.30. The van der Waals surface area contributed by atoms with Crippen molar-refractivity contribution in [3.05, 3.63) is 59.1 Å². The maximum atomic E-state index is 12.0. The molecule has 0 unspecified atom stereocenters. The highest BCUT2D eigenvalue weighted by Crippen LogP contribution is 2.24. The lowest BCUT2D eigenvalue weighted by atomic mass is 10.1. The van der Waals surface area contributed by atoms with Crippen LogP contribution in [0.2, 0.25) is 5.02 Å². The Kier molecular flexibility index (Phi) is 6.94. The van der Waals surface area contributed by atoms with Crippen molar-refractivity contribution in [3.8, 4) is 5.75 Å². The summed E-state index contributed by atoms with van der Waals surface area (Å²) in [6.07, 6.45) is 0.832. The smallest absolute Gasteiger partial charge is 0.239 e. The Morgan fingerprint density at radius 2 is 1.96 bits per heavy atom. The molecule has 0 radical (unpaired) electrons. The van der Waals surface area contributed by atoms with E-state index in [-0.39, 0.29) is 18.6 Å². The number of nitrogens with one attached hydrogen (secondary N) is 2. The molecule has 0 bridgehead atoms. The van der Waals surface area contributed by atoms with Gasteiger partial charge in [0.05, 0.1) is 18.3 Å². The highest BCUT2D eigenvalue weighted by atomic mass is 35.5. The van der Waals surface area contributed by atoms with Gasteiger partial charge in [-0.25, -0.2) is 0 Å². The largest absolute Gasteiger partial charge is 0.489 e. The zero-order chi connectivity index (χ0) is 17.4. The maximum absolute atomic E-state index is 12.0. The predicted octanol–water partition coefficient (Wildman–Crippen LogP) is 3.90. The second-order valence-corrected chi connectivity index (χ2v) is 6.18. The number of hydrogen-bond acceptors (Lipinski definition) is 3. The van der Waals surface area contributed by atoms with Gasteiger partial charge in [0.2, 0.25) is 5.91 Å². The van der Waals surface area contributed by atoms with Crippen molar-refractivity contribution in [1.82, 2.24) is 5.32 Å². The van der Waals surface area contributed by atoms with Crippen molar-refractivity contribution in [3.63, 3.8) is 0 Å². The lowest BCUT2D eigenvalue weighted by molar-refractivity contribution is -0.119. The monoisotopic (exact) mass is 346 g/mol. The van der Waals surface area contributed by atoms with Gasteiger partial charge >= 0.3 is 0 Å². The molecular formula is C19H23ClN2O2. The highest BCUT2D eigenvalue weighted by Gasteiger charge is 2.07. The molecule has 0 aliphatic carbocycles. The molecule has 0 aromatic heterocycles. The van der Waals surface area contributed by atoms with Crippen LogP contribution < -0.4 is 15.4 Å². The van der Waals surface area contributed by atoms with Gasteiger partial charge < -0.3 is 15.4 Å². The van der Waals surface area contributed by atoms with Gasteiger partial charge in [-0.1, -0.05) is 35.9 Å². The first-order chi connectivity index (χ1) is 11.5. The van der Waals surface area contributed by atoms with E-state index in [0.717, 1.165) is 23.4 Å². The fourth-order valence-electron chi connectivity index (χ4n) is 2.25. The minimum Gasteiger partial charge on any atom is -0.489 e. The molecule has 2 aromatic rings. The molecule has 2 N–H and O–H groups in total. The number of ether oxygens (including phenoxy) is 1. The van der Waals surface area contributed by atoms with Crippen molar-refractivity contribution < 1.29 is 9.53 Å². The lowest BCUT2D eigenvalue weighted by Crippen LogP contribution is -2.31. The van der Waals surface area contributed by atoms with Crippen molar-refractivity contribution >= 4 is 23.2 Å². The van der Waals surface area contributed by atoms with Crippen molar-refractivity contribution in [2.24, 2.45) is 0 Å². The van der Waals surface area contributed by atoms with Crippen LogP contribution in [0.5, 0.6) is 5.75 Å². The molecule has 0 spiro atoms. The zero-order valence-electron chi connectivity index (χ0n) is 14.0. The van der Waals surface area contributed by atoms with Crippen LogP contribution in [0, 0.1) is 0 Å². The summed E-state index contributed by atoms with van der Waals surface area (Å²) in [5, 5.41) is 6.72. The summed E-state index contributed by atoms with van der Waals surface area (Å²) in [6, 6.07) is 15.3. The number of halogens is 1. The number of hydrogen-bond donors (Lipinski definition) is 2. The normalized spacial score (nSPS) is 10.5. The van der Waals surface area contributed by atoms with E-state index >= 15 is 0 Å². The van der Waals surface area contributed by atoms with E-state index < -0.39 is 0 Å². The molecular weight excluding hydrogens is 324 g/mol. The number of anilines is 1. The number of amides is 1. The molecule has 2 aromatic carbocycles. The average molecular weight is 347 g/mol. The van der Waals surface area contributed by atoms with E-state index in [2.05, 4.69) is 10.6 Å². The summed E-state index contributed by atoms with van der Waals surface area (Å²) in [6.45, 7) is 4.72. The Balaban J connectivity index is 1.77. The third-order valence-corrected chi connectivity index (χ3v) is 3.55. The van der Waals surface area contributed by atoms with E-state index in [0.29, 0.717) is 11.6 Å². The van der Waals surface area contributed by atoms with Gasteiger partial charge in [0.25, 0.3) is 0 Å². The van der Waals surface area contributed by atoms with Gasteiger partial charge in [-0.2, -0.15) is 0 Å². The van der Waals surface area contributed by atoms with Crippen LogP contribution in [0.3, 0.4) is 0 Å². The van der Waals surface area contributed by atoms with E-state index in [1.54, 1.807) is 0 Å². The summed E-state index contributed by atoms with van der Waals surface area (Å²) in [5.74, 6) is 0.690. The number of rotatable bonds is 8. The van der Waals surface area contributed by atoms with E-state index in [4.69, 9.17) is 16.3 Å². The standard InChI is InChI=1S/C19H23ClN2O2/c1-14(2)24-18-9-4-3-8-17(18)22-13-19(23)21-11-10-15-6-5-7-16(20)12-15/h3-9,12,14,22H,10-11,13H2,1-2H3,(H,21,23). The van der Waals surface area contributed by atoms with Gasteiger partial charge in [0, 0.05) is 11.6 Å². The first-order valence-corrected chi connectivity index (χ1v) is 8.43. The minimum atomic E-state index is -0.0589. The predicted molar refractivity (Wildman–Crippen MR) is 98.9 cm³/mol. The molecule has 4 nitrogen and oxygen atoms in total. The van der Waals surface area contributed by atoms with Crippen LogP contribution in [-0.4, -0.2) is 25.1 Å². The first kappa shape index (κ1) is 18.1. The molecule has 5 heteroatoms. The minimum absolute atomic E-state index is 0.0589. The van der Waals surface area contributed by atoms with Crippen molar-refractivity contribution in [1.29, 1.82) is 0 Å². The Labute approximate surface area is 148 Å². The van der Waals surface area contributed by atoms with Gasteiger partial charge in [0.15, 0.2) is 0 Å². The van der Waals surface area contributed by atoms with Crippen LogP contribution in [0.25, 0.3) is 0 Å². The second-order valence-electron chi connectivity index (χ2n) is 5.75. The van der Waals surface area contributed by atoms with Crippen LogP contribution in [0.15, 0.2) is 48.5 Å². The van der Waals surface area contributed by atoms with Crippen molar-refractivity contribution in [2.75, 3.05) is 18.4 Å². The third kappa shape index (κ3) is 6.13. The fraction of sp³-hybridized carbons (Fsp3) is 0.316. The van der Waals surface area contributed by atoms with E-state index in [9.17, 15) is 4.79 Å². The number of para-hydroxylation sites is 2. The SMILES string of the molecule is CC(C)Oc1ccccc1NCC(=O)NCCc1cccc(Cl)c1. The zero-order valence-corrected chi connectivity index (χ0v) is 14.8. The van der Waals surface area contributed by atoms with Gasteiger partial charge in [-0.05, 0) is 50.1 Å². The van der Waals surface area contributed by atoms with Gasteiger partial charge in [-0.3, -0.25) is 4.79 Å². The number of carbonyl (C=O) groups excluding carboxylic acids is 1. The summed E-state index contributed by atoms with van der Waals surface area (Å²) in [4.78, 5) is 12.0. The summed E-state index contributed by atoms with van der Waals surface area (Å²) in [5.41, 5.74) is 1.92. The maximum Gasteiger partial charge on any atom is 0.239 e. The van der Waals surface area contributed by atoms with Crippen LogP contribution in [0.1, 0.15) is 19.4 Å². The number of carbonyl (C=O) groups is 1. The van der Waals surface area contributed by atoms with Gasteiger partial charge in [0.1, 0.15) is 5.75 Å². The molecule has 2 rings (SSSR count). The quantitative estimate of drug-likeness (QED) is 0.762. The molecule has 0 aliphatic rings. The van der Waals surface area contributed by atoms with Crippen LogP contribution in [0.4, 0.5) is 5.69 Å². The molecule has 0 aliphatic heterocycles. The molecule has 24 heavy (non-hydrogen) atoms. The Morgan fingerprint density at radius 3 is 2.71 bits per heavy atom. The van der Waals surface area contributed by atoms with Crippen molar-refractivity contribution in [2.45, 2.75) is 26.4 Å². The molecule has 128 valence electrons. The summed E-state index contributed by atoms with van der Waals surface area (Å²) < 4.78 is 5.72. The molecule has 0 saturated heterocycles. The van der Waals surface area contributed by atoms with Gasteiger partial charge in [-0.15, -0.1) is 0 Å². The van der Waals surface area contributed by atoms with Crippen LogP contribution in [-0.2, 0) is 11.2 Å². The Morgan fingerprint density at radius 1 is 1.17 bits per heavy atom.